The Bertz CT molecular complexity index is 515. The number of hydrogen-bond acceptors (Lipinski definition) is 4. The Kier molecular flexibility index (Phi) is 6.17. The van der Waals surface area contributed by atoms with Crippen LogP contribution in [0.25, 0.3) is 0 Å². The Hall–Kier alpha value is -0.650. The van der Waals surface area contributed by atoms with E-state index in [9.17, 15) is 5.11 Å². The van der Waals surface area contributed by atoms with Crippen molar-refractivity contribution in [3.05, 3.63) is 34.9 Å². The van der Waals surface area contributed by atoms with Crippen LogP contribution >= 0.6 is 11.6 Å². The molecule has 134 valence electrons. The highest BCUT2D eigenvalue weighted by Gasteiger charge is 2.34. The summed E-state index contributed by atoms with van der Waals surface area (Å²) < 4.78 is 5.83. The van der Waals surface area contributed by atoms with Crippen LogP contribution in [0.1, 0.15) is 19.4 Å². The van der Waals surface area contributed by atoms with E-state index in [1.54, 1.807) is 0 Å². The van der Waals surface area contributed by atoms with Crippen molar-refractivity contribution in [2.75, 3.05) is 39.3 Å². The van der Waals surface area contributed by atoms with Gasteiger partial charge in [0.1, 0.15) is 0 Å². The molecular weight excluding hydrogens is 324 g/mol. The van der Waals surface area contributed by atoms with Crippen LogP contribution in [0.2, 0.25) is 5.02 Å². The molecule has 2 fully saturated rings. The minimum atomic E-state index is 0.275. The number of rotatable bonds is 5. The highest BCUT2D eigenvalue weighted by atomic mass is 35.5. The van der Waals surface area contributed by atoms with Gasteiger partial charge < -0.3 is 9.84 Å². The lowest BCUT2D eigenvalue weighted by atomic mass is 9.96. The van der Waals surface area contributed by atoms with Crippen molar-refractivity contribution in [1.29, 1.82) is 0 Å². The van der Waals surface area contributed by atoms with E-state index in [2.05, 4.69) is 35.8 Å². The molecule has 0 amide bonds. The van der Waals surface area contributed by atoms with Crippen molar-refractivity contribution in [2.45, 2.75) is 32.6 Å². The second-order valence-corrected chi connectivity index (χ2v) is 7.94. The summed E-state index contributed by atoms with van der Waals surface area (Å²) in [4.78, 5) is 4.97. The van der Waals surface area contributed by atoms with Crippen molar-refractivity contribution < 1.29 is 9.84 Å². The zero-order chi connectivity index (χ0) is 17.1. The van der Waals surface area contributed by atoms with Crippen LogP contribution in [-0.4, -0.2) is 66.4 Å². The summed E-state index contributed by atoms with van der Waals surface area (Å²) >= 11 is 5.97. The fraction of sp³-hybridized carbons (Fsp3) is 0.684. The maximum Gasteiger partial charge on any atom is 0.0678 e. The Morgan fingerprint density at radius 2 is 1.62 bits per heavy atom. The Morgan fingerprint density at radius 1 is 1.00 bits per heavy atom. The van der Waals surface area contributed by atoms with E-state index in [0.29, 0.717) is 24.0 Å². The molecule has 0 spiro atoms. The molecule has 2 heterocycles. The fourth-order valence-electron chi connectivity index (χ4n) is 4.19. The molecule has 1 aromatic rings. The van der Waals surface area contributed by atoms with Crippen molar-refractivity contribution in [3.8, 4) is 0 Å². The lowest BCUT2D eigenvalue weighted by Gasteiger charge is -2.37. The lowest BCUT2D eigenvalue weighted by molar-refractivity contribution is -0.0727. The number of hydrogen-bond donors (Lipinski definition) is 1. The summed E-state index contributed by atoms with van der Waals surface area (Å²) in [5, 5.41) is 10.6. The molecule has 0 aromatic heterocycles. The highest BCUT2D eigenvalue weighted by Crippen LogP contribution is 2.27. The predicted molar refractivity (Wildman–Crippen MR) is 97.2 cm³/mol. The Morgan fingerprint density at radius 3 is 2.25 bits per heavy atom. The molecule has 5 heteroatoms. The third-order valence-corrected chi connectivity index (χ3v) is 5.45. The number of likely N-dealkylation sites (tertiary alicyclic amines) is 1. The molecule has 4 atom stereocenters. The van der Waals surface area contributed by atoms with Gasteiger partial charge in [-0.3, -0.25) is 9.80 Å². The largest absolute Gasteiger partial charge is 0.396 e. The zero-order valence-corrected chi connectivity index (χ0v) is 15.5. The van der Waals surface area contributed by atoms with E-state index in [-0.39, 0.29) is 6.61 Å². The molecule has 24 heavy (non-hydrogen) atoms. The maximum atomic E-state index is 9.80. The summed E-state index contributed by atoms with van der Waals surface area (Å²) in [5.74, 6) is 0.894. The first-order chi connectivity index (χ1) is 11.5. The van der Waals surface area contributed by atoms with Gasteiger partial charge in [0.2, 0.25) is 0 Å². The molecule has 0 unspecified atom stereocenters. The summed E-state index contributed by atoms with van der Waals surface area (Å²) in [5.41, 5.74) is 1.28. The number of benzene rings is 1. The van der Waals surface area contributed by atoms with Crippen LogP contribution in [0.4, 0.5) is 0 Å². The molecule has 2 saturated heterocycles. The first-order valence-corrected chi connectivity index (χ1v) is 9.36. The van der Waals surface area contributed by atoms with E-state index in [1.165, 1.54) is 5.56 Å². The second-order valence-electron chi connectivity index (χ2n) is 7.50. The van der Waals surface area contributed by atoms with Crippen molar-refractivity contribution >= 4 is 11.6 Å². The van der Waals surface area contributed by atoms with Crippen molar-refractivity contribution in [1.82, 2.24) is 9.80 Å². The van der Waals surface area contributed by atoms with Gasteiger partial charge >= 0.3 is 0 Å². The number of morpholine rings is 1. The molecule has 0 aliphatic carbocycles. The maximum absolute atomic E-state index is 9.80. The van der Waals surface area contributed by atoms with Gasteiger partial charge in [-0.25, -0.2) is 0 Å². The SMILES string of the molecule is C[C@@H]1CN(C[C@H]2CN(Cc3ccc(Cl)cc3)C[C@H]2CO)C[C@H](C)O1. The molecule has 0 radical (unpaired) electrons. The van der Waals surface area contributed by atoms with Crippen LogP contribution in [0, 0.1) is 11.8 Å². The Labute approximate surface area is 150 Å². The smallest absolute Gasteiger partial charge is 0.0678 e. The molecule has 2 aliphatic heterocycles. The van der Waals surface area contributed by atoms with Gasteiger partial charge in [0.05, 0.1) is 12.2 Å². The van der Waals surface area contributed by atoms with Crippen LogP contribution in [0.5, 0.6) is 0 Å². The molecular formula is C19H29ClN2O2. The van der Waals surface area contributed by atoms with Gasteiger partial charge in [0, 0.05) is 50.9 Å². The van der Waals surface area contributed by atoms with Gasteiger partial charge in [-0.2, -0.15) is 0 Å². The van der Waals surface area contributed by atoms with Crippen LogP contribution in [0.3, 0.4) is 0 Å². The van der Waals surface area contributed by atoms with Gasteiger partial charge in [-0.1, -0.05) is 23.7 Å². The van der Waals surface area contributed by atoms with E-state index in [0.717, 1.165) is 44.3 Å². The van der Waals surface area contributed by atoms with Crippen LogP contribution in [-0.2, 0) is 11.3 Å². The first kappa shape index (κ1) is 18.2. The summed E-state index contributed by atoms with van der Waals surface area (Å²) in [6, 6.07) is 8.08. The first-order valence-electron chi connectivity index (χ1n) is 8.99. The molecule has 1 N–H and O–H groups in total. The topological polar surface area (TPSA) is 35.9 Å². The summed E-state index contributed by atoms with van der Waals surface area (Å²) in [6.07, 6.45) is 0.598. The third kappa shape index (κ3) is 4.70. The predicted octanol–water partition coefficient (Wildman–Crippen LogP) is 2.49. The number of halogens is 1. The van der Waals surface area contributed by atoms with Gasteiger partial charge in [-0.15, -0.1) is 0 Å². The normalized spacial score (nSPS) is 32.3. The second kappa shape index (κ2) is 8.15. The van der Waals surface area contributed by atoms with Crippen molar-refractivity contribution in [3.63, 3.8) is 0 Å². The average molecular weight is 353 g/mol. The third-order valence-electron chi connectivity index (χ3n) is 5.19. The summed E-state index contributed by atoms with van der Waals surface area (Å²) in [6.45, 7) is 10.6. The minimum absolute atomic E-state index is 0.275. The van der Waals surface area contributed by atoms with Crippen LogP contribution < -0.4 is 0 Å². The van der Waals surface area contributed by atoms with E-state index in [4.69, 9.17) is 16.3 Å². The summed E-state index contributed by atoms with van der Waals surface area (Å²) in [7, 11) is 0. The highest BCUT2D eigenvalue weighted by molar-refractivity contribution is 6.30. The Balaban J connectivity index is 1.56. The van der Waals surface area contributed by atoms with E-state index in [1.807, 2.05) is 12.1 Å². The zero-order valence-electron chi connectivity index (χ0n) is 14.7. The molecule has 0 saturated carbocycles. The van der Waals surface area contributed by atoms with Crippen LogP contribution in [0.15, 0.2) is 24.3 Å². The van der Waals surface area contributed by atoms with Crippen molar-refractivity contribution in [2.24, 2.45) is 11.8 Å². The van der Waals surface area contributed by atoms with Gasteiger partial charge in [0.25, 0.3) is 0 Å². The quantitative estimate of drug-likeness (QED) is 0.883. The van der Waals surface area contributed by atoms with E-state index < -0.39 is 0 Å². The molecule has 1 aromatic carbocycles. The number of ether oxygens (including phenoxy) is 1. The van der Waals surface area contributed by atoms with E-state index >= 15 is 0 Å². The number of aliphatic hydroxyl groups excluding tert-OH is 1. The lowest BCUT2D eigenvalue weighted by Crippen LogP contribution is -2.48. The van der Waals surface area contributed by atoms with Gasteiger partial charge in [-0.05, 0) is 43.4 Å². The molecule has 2 aliphatic rings. The number of nitrogens with zero attached hydrogens (tertiary/aromatic N) is 2. The average Bonchev–Trinajstić information content (AvgIpc) is 2.90. The van der Waals surface area contributed by atoms with Gasteiger partial charge in [0.15, 0.2) is 0 Å². The molecule has 0 bridgehead atoms. The molecule has 4 nitrogen and oxygen atoms in total. The monoisotopic (exact) mass is 352 g/mol. The number of aliphatic hydroxyl groups is 1. The minimum Gasteiger partial charge on any atom is -0.396 e. The fourth-order valence-corrected chi connectivity index (χ4v) is 4.32. The molecule has 3 rings (SSSR count). The standard InChI is InChI=1S/C19H29ClN2O2/c1-14-7-21(8-15(2)24-14)10-17-11-22(12-18(17)13-23)9-16-3-5-19(20)6-4-16/h3-6,14-15,17-18,23H,7-13H2,1-2H3/t14-,15+,17-,18-/m0/s1.